The lowest BCUT2D eigenvalue weighted by Gasteiger charge is -2.35. The first-order chi connectivity index (χ1) is 9.24. The zero-order valence-electron chi connectivity index (χ0n) is 11.9. The van der Waals surface area contributed by atoms with Crippen molar-refractivity contribution in [3.05, 3.63) is 34.6 Å². The molecule has 0 radical (unpaired) electrons. The maximum absolute atomic E-state index is 14.3. The van der Waals surface area contributed by atoms with Gasteiger partial charge in [0.05, 0.1) is 5.02 Å². The molecule has 0 bridgehead atoms. The number of benzene rings is 1. The third-order valence-corrected chi connectivity index (χ3v) is 4.06. The molecule has 0 saturated carbocycles. The molecule has 1 saturated heterocycles. The van der Waals surface area contributed by atoms with Crippen molar-refractivity contribution in [2.45, 2.75) is 32.2 Å². The Morgan fingerprint density at radius 3 is 2.70 bits per heavy atom. The van der Waals surface area contributed by atoms with Gasteiger partial charge < -0.3 is 5.32 Å². The average Bonchev–Trinajstić information content (AvgIpc) is 2.45. The van der Waals surface area contributed by atoms with Gasteiger partial charge in [-0.05, 0) is 12.5 Å². The van der Waals surface area contributed by atoms with Crippen LogP contribution in [0.25, 0.3) is 0 Å². The van der Waals surface area contributed by atoms with Crippen LogP contribution in [0, 0.1) is 5.82 Å². The number of nitrogens with zero attached hydrogens (tertiary/aromatic N) is 1. The maximum atomic E-state index is 14.3. The summed E-state index contributed by atoms with van der Waals surface area (Å²) in [7, 11) is 0. The molecule has 1 aromatic rings. The minimum absolute atomic E-state index is 0. The van der Waals surface area contributed by atoms with Gasteiger partial charge in [-0.15, -0.1) is 12.4 Å². The summed E-state index contributed by atoms with van der Waals surface area (Å²) in [6, 6.07) is 5.50. The summed E-state index contributed by atoms with van der Waals surface area (Å²) in [4.78, 5) is 2.38. The minimum atomic E-state index is -0.246. The Balaban J connectivity index is 0.00000200. The van der Waals surface area contributed by atoms with Crippen LogP contribution < -0.4 is 5.32 Å². The summed E-state index contributed by atoms with van der Waals surface area (Å²) in [6.07, 6.45) is 3.24. The van der Waals surface area contributed by atoms with Gasteiger partial charge >= 0.3 is 0 Å². The van der Waals surface area contributed by atoms with Crippen molar-refractivity contribution in [1.29, 1.82) is 0 Å². The van der Waals surface area contributed by atoms with Crippen molar-refractivity contribution in [3.8, 4) is 0 Å². The molecule has 114 valence electrons. The van der Waals surface area contributed by atoms with Gasteiger partial charge in [-0.25, -0.2) is 4.39 Å². The molecule has 1 aromatic carbocycles. The Labute approximate surface area is 132 Å². The summed E-state index contributed by atoms with van der Waals surface area (Å²) in [5, 5.41) is 3.57. The zero-order chi connectivity index (χ0) is 13.7. The van der Waals surface area contributed by atoms with Crippen LogP contribution in [0.3, 0.4) is 0 Å². The lowest BCUT2D eigenvalue weighted by Crippen LogP contribution is -2.45. The molecule has 1 fully saturated rings. The topological polar surface area (TPSA) is 15.3 Å². The highest BCUT2D eigenvalue weighted by Gasteiger charge is 2.24. The number of halogens is 3. The smallest absolute Gasteiger partial charge is 0.146 e. The van der Waals surface area contributed by atoms with E-state index >= 15 is 0 Å². The first-order valence-corrected chi connectivity index (χ1v) is 7.50. The van der Waals surface area contributed by atoms with Crippen LogP contribution in [0.2, 0.25) is 5.02 Å². The van der Waals surface area contributed by atoms with Gasteiger partial charge in [0, 0.05) is 37.8 Å². The van der Waals surface area contributed by atoms with Gasteiger partial charge in [-0.3, -0.25) is 4.90 Å². The Kier molecular flexibility index (Phi) is 7.82. The van der Waals surface area contributed by atoms with Gasteiger partial charge in [0.25, 0.3) is 0 Å². The van der Waals surface area contributed by atoms with Gasteiger partial charge in [-0.2, -0.15) is 0 Å². The Hall–Kier alpha value is -0.350. The van der Waals surface area contributed by atoms with E-state index in [0.717, 1.165) is 51.0 Å². The highest BCUT2D eigenvalue weighted by molar-refractivity contribution is 6.30. The fourth-order valence-corrected chi connectivity index (χ4v) is 2.89. The zero-order valence-corrected chi connectivity index (χ0v) is 13.4. The van der Waals surface area contributed by atoms with E-state index in [9.17, 15) is 4.39 Å². The summed E-state index contributed by atoms with van der Waals surface area (Å²) < 4.78 is 14.3. The van der Waals surface area contributed by atoms with E-state index in [0.29, 0.717) is 0 Å². The standard InChI is InChI=1S/C15H22ClFN2.ClH/c1-2-3-7-14(19-10-8-18-9-11-19)12-5-4-6-13(16)15(12)17;/h4-6,14,18H,2-3,7-11H2,1H3;1H/t14-;/m1./s1. The van der Waals surface area contributed by atoms with Crippen LogP contribution >= 0.6 is 24.0 Å². The Bertz CT molecular complexity index is 409. The Morgan fingerprint density at radius 2 is 2.05 bits per heavy atom. The summed E-state index contributed by atoms with van der Waals surface area (Å²) in [6.45, 7) is 6.07. The van der Waals surface area contributed by atoms with Gasteiger partial charge in [-0.1, -0.05) is 43.5 Å². The van der Waals surface area contributed by atoms with Gasteiger partial charge in [0.1, 0.15) is 5.82 Å². The van der Waals surface area contributed by atoms with Crippen LogP contribution in [0.4, 0.5) is 4.39 Å². The number of nitrogens with one attached hydrogen (secondary N) is 1. The van der Waals surface area contributed by atoms with E-state index in [4.69, 9.17) is 11.6 Å². The van der Waals surface area contributed by atoms with Crippen molar-refractivity contribution >= 4 is 24.0 Å². The second kappa shape index (κ2) is 8.83. The van der Waals surface area contributed by atoms with Crippen molar-refractivity contribution < 1.29 is 4.39 Å². The van der Waals surface area contributed by atoms with E-state index in [1.165, 1.54) is 0 Å². The lowest BCUT2D eigenvalue weighted by atomic mass is 9.98. The molecule has 0 amide bonds. The lowest BCUT2D eigenvalue weighted by molar-refractivity contribution is 0.160. The molecule has 1 heterocycles. The molecule has 0 unspecified atom stereocenters. The van der Waals surface area contributed by atoms with Crippen molar-refractivity contribution in [2.75, 3.05) is 26.2 Å². The first kappa shape index (κ1) is 17.7. The van der Waals surface area contributed by atoms with E-state index in [1.807, 2.05) is 12.1 Å². The molecular weight excluding hydrogens is 298 g/mol. The second-order valence-electron chi connectivity index (χ2n) is 5.09. The van der Waals surface area contributed by atoms with Gasteiger partial charge in [0.2, 0.25) is 0 Å². The van der Waals surface area contributed by atoms with Crippen molar-refractivity contribution in [3.63, 3.8) is 0 Å². The summed E-state index contributed by atoms with van der Waals surface area (Å²) in [5.74, 6) is -0.246. The van der Waals surface area contributed by atoms with Crippen LogP contribution in [0.1, 0.15) is 37.8 Å². The van der Waals surface area contributed by atoms with Crippen LogP contribution in [0.15, 0.2) is 18.2 Å². The molecule has 0 aliphatic carbocycles. The maximum Gasteiger partial charge on any atom is 0.146 e. The Morgan fingerprint density at radius 1 is 1.35 bits per heavy atom. The minimum Gasteiger partial charge on any atom is -0.314 e. The van der Waals surface area contributed by atoms with E-state index < -0.39 is 0 Å². The normalized spacial score (nSPS) is 17.6. The molecule has 2 rings (SSSR count). The molecular formula is C15H23Cl2FN2. The van der Waals surface area contributed by atoms with Crippen molar-refractivity contribution in [1.82, 2.24) is 10.2 Å². The summed E-state index contributed by atoms with van der Waals surface area (Å²) in [5.41, 5.74) is 0.753. The molecule has 1 aliphatic heterocycles. The molecule has 1 atom stereocenters. The second-order valence-corrected chi connectivity index (χ2v) is 5.49. The fourth-order valence-electron chi connectivity index (χ4n) is 2.70. The number of hydrogen-bond donors (Lipinski definition) is 1. The van der Waals surface area contributed by atoms with Crippen LogP contribution in [-0.4, -0.2) is 31.1 Å². The van der Waals surface area contributed by atoms with Crippen LogP contribution in [-0.2, 0) is 0 Å². The number of rotatable bonds is 5. The molecule has 20 heavy (non-hydrogen) atoms. The molecule has 5 heteroatoms. The number of hydrogen-bond acceptors (Lipinski definition) is 2. The third-order valence-electron chi connectivity index (χ3n) is 3.76. The predicted molar refractivity (Wildman–Crippen MR) is 85.4 cm³/mol. The monoisotopic (exact) mass is 320 g/mol. The number of unbranched alkanes of at least 4 members (excludes halogenated alkanes) is 1. The highest BCUT2D eigenvalue weighted by atomic mass is 35.5. The average molecular weight is 321 g/mol. The fraction of sp³-hybridized carbons (Fsp3) is 0.600. The molecule has 1 N–H and O–H groups in total. The third kappa shape index (κ3) is 4.32. The van der Waals surface area contributed by atoms with Crippen molar-refractivity contribution in [2.24, 2.45) is 0 Å². The number of piperazine rings is 1. The molecule has 2 nitrogen and oxygen atoms in total. The predicted octanol–water partition coefficient (Wildman–Crippen LogP) is 4.04. The van der Waals surface area contributed by atoms with Crippen LogP contribution in [0.5, 0.6) is 0 Å². The SMILES string of the molecule is CCCC[C@H](c1cccc(Cl)c1F)N1CCNCC1.Cl. The first-order valence-electron chi connectivity index (χ1n) is 7.12. The van der Waals surface area contributed by atoms with E-state index in [-0.39, 0.29) is 29.3 Å². The molecule has 0 aromatic heterocycles. The van der Waals surface area contributed by atoms with E-state index in [2.05, 4.69) is 17.1 Å². The molecule has 0 spiro atoms. The quantitative estimate of drug-likeness (QED) is 0.880. The summed E-state index contributed by atoms with van der Waals surface area (Å²) >= 11 is 5.93. The van der Waals surface area contributed by atoms with E-state index in [1.54, 1.807) is 6.07 Å². The van der Waals surface area contributed by atoms with Gasteiger partial charge in [0.15, 0.2) is 0 Å². The highest BCUT2D eigenvalue weighted by Crippen LogP contribution is 2.31. The molecule has 1 aliphatic rings. The largest absolute Gasteiger partial charge is 0.314 e.